The number of nitrogens with zero attached hydrogens (tertiary/aromatic N) is 4. The zero-order valence-corrected chi connectivity index (χ0v) is 21.7. The summed E-state index contributed by atoms with van der Waals surface area (Å²) in [5.74, 6) is 0.795. The predicted octanol–water partition coefficient (Wildman–Crippen LogP) is 3.32. The van der Waals surface area contributed by atoms with Crippen molar-refractivity contribution in [1.29, 1.82) is 0 Å². The summed E-state index contributed by atoms with van der Waals surface area (Å²) in [5.41, 5.74) is 0.147. The highest BCUT2D eigenvalue weighted by Gasteiger charge is 2.43. The molecule has 1 unspecified atom stereocenters. The molecule has 2 bridgehead atoms. The van der Waals surface area contributed by atoms with Crippen molar-refractivity contribution in [3.05, 3.63) is 65.6 Å². The molecule has 1 aromatic carbocycles. The zero-order chi connectivity index (χ0) is 28.1. The Hall–Kier alpha value is -3.97. The number of carbonyl (C=O) groups excluding carboxylic acids is 1. The molecule has 4 aliphatic rings. The second-order valence-corrected chi connectivity index (χ2v) is 10.4. The first kappa shape index (κ1) is 26.3. The van der Waals surface area contributed by atoms with Gasteiger partial charge in [0, 0.05) is 18.5 Å². The SMILES string of the molecule is CC1(C)OC[C@@H](COc2ccc(NC(=O)C3C[C@H]4CN3C3=CN=C(c5cccc(C(F)(F)F)c5)NC3=N4)nc2)O1. The molecular weight excluding hydrogens is 529 g/mol. The van der Waals surface area contributed by atoms with Crippen LogP contribution in [0.4, 0.5) is 19.0 Å². The van der Waals surface area contributed by atoms with Gasteiger partial charge in [0.05, 0.1) is 36.3 Å². The predicted molar refractivity (Wildman–Crippen MR) is 139 cm³/mol. The monoisotopic (exact) mass is 556 g/mol. The van der Waals surface area contributed by atoms with Gasteiger partial charge in [-0.2, -0.15) is 13.2 Å². The van der Waals surface area contributed by atoms with E-state index in [1.54, 1.807) is 18.2 Å². The molecule has 1 aromatic heterocycles. The van der Waals surface area contributed by atoms with Crippen molar-refractivity contribution >= 4 is 23.4 Å². The average molecular weight is 557 g/mol. The minimum Gasteiger partial charge on any atom is -0.489 e. The maximum absolute atomic E-state index is 13.2. The van der Waals surface area contributed by atoms with Gasteiger partial charge in [-0.3, -0.25) is 9.79 Å². The van der Waals surface area contributed by atoms with Gasteiger partial charge in [-0.25, -0.2) is 9.98 Å². The second-order valence-electron chi connectivity index (χ2n) is 10.4. The van der Waals surface area contributed by atoms with Crippen LogP contribution >= 0.6 is 0 Å². The smallest absolute Gasteiger partial charge is 0.416 e. The van der Waals surface area contributed by atoms with Crippen LogP contribution in [0.15, 0.2) is 64.5 Å². The number of halogens is 3. The fourth-order valence-corrected chi connectivity index (χ4v) is 5.08. The second kappa shape index (κ2) is 9.89. The summed E-state index contributed by atoms with van der Waals surface area (Å²) < 4.78 is 56.5. The molecule has 4 aliphatic heterocycles. The fourth-order valence-electron chi connectivity index (χ4n) is 5.08. The number of ether oxygens (including phenoxy) is 3. The van der Waals surface area contributed by atoms with Gasteiger partial charge in [0.25, 0.3) is 0 Å². The molecular formula is C27H27F3N6O4. The number of rotatable bonds is 6. The third-order valence-electron chi connectivity index (χ3n) is 6.95. The van der Waals surface area contributed by atoms with Gasteiger partial charge in [-0.05, 0) is 38.1 Å². The molecule has 2 N–H and O–H groups in total. The number of hydrogen-bond donors (Lipinski definition) is 2. The summed E-state index contributed by atoms with van der Waals surface area (Å²) >= 11 is 0. The van der Waals surface area contributed by atoms with Crippen LogP contribution in [0.3, 0.4) is 0 Å². The normalized spacial score (nSPS) is 24.9. The van der Waals surface area contributed by atoms with Crippen LogP contribution in [0.2, 0.25) is 0 Å². The molecule has 0 aliphatic carbocycles. The van der Waals surface area contributed by atoms with Crippen LogP contribution < -0.4 is 15.4 Å². The average Bonchev–Trinajstić information content (AvgIpc) is 3.46. The summed E-state index contributed by atoms with van der Waals surface area (Å²) in [5, 5.41) is 5.90. The Morgan fingerprint density at radius 2 is 2.10 bits per heavy atom. The van der Waals surface area contributed by atoms with Gasteiger partial charge < -0.3 is 29.7 Å². The number of benzene rings is 1. The molecule has 210 valence electrons. The van der Waals surface area contributed by atoms with Crippen molar-refractivity contribution in [2.24, 2.45) is 9.98 Å². The first-order chi connectivity index (χ1) is 19.0. The topological polar surface area (TPSA) is 110 Å². The molecule has 40 heavy (non-hydrogen) atoms. The highest BCUT2D eigenvalue weighted by Crippen LogP contribution is 2.33. The van der Waals surface area contributed by atoms with E-state index in [9.17, 15) is 18.0 Å². The largest absolute Gasteiger partial charge is 0.489 e. The maximum atomic E-state index is 13.2. The molecule has 0 saturated carbocycles. The van der Waals surface area contributed by atoms with Crippen LogP contribution in [-0.4, -0.2) is 71.2 Å². The number of amides is 1. The van der Waals surface area contributed by atoms with Crippen LogP contribution in [0.25, 0.3) is 0 Å². The summed E-state index contributed by atoms with van der Waals surface area (Å²) in [6.45, 7) is 5.00. The van der Waals surface area contributed by atoms with Gasteiger partial charge in [-0.15, -0.1) is 0 Å². The van der Waals surface area contributed by atoms with Crippen molar-refractivity contribution < 1.29 is 32.2 Å². The number of hydrogen-bond acceptors (Lipinski definition) is 9. The number of aliphatic imine (C=N–C) groups is 2. The maximum Gasteiger partial charge on any atom is 0.416 e. The van der Waals surface area contributed by atoms with Crippen LogP contribution in [0, 0.1) is 0 Å². The lowest BCUT2D eigenvalue weighted by Crippen LogP contribution is -2.47. The quantitative estimate of drug-likeness (QED) is 0.562. The Morgan fingerprint density at radius 1 is 1.25 bits per heavy atom. The van der Waals surface area contributed by atoms with Crippen molar-refractivity contribution in [1.82, 2.24) is 15.2 Å². The molecule has 10 nitrogen and oxygen atoms in total. The van der Waals surface area contributed by atoms with Crippen molar-refractivity contribution in [2.75, 3.05) is 25.1 Å². The van der Waals surface area contributed by atoms with E-state index in [1.165, 1.54) is 18.5 Å². The molecule has 6 rings (SSSR count). The van der Waals surface area contributed by atoms with E-state index in [2.05, 4.69) is 25.6 Å². The summed E-state index contributed by atoms with van der Waals surface area (Å²) in [6.07, 6.45) is -1.08. The van der Waals surface area contributed by atoms with Crippen LogP contribution in [0.1, 0.15) is 31.4 Å². The van der Waals surface area contributed by atoms with Gasteiger partial charge in [0.1, 0.15) is 36.2 Å². The number of nitrogens with one attached hydrogen (secondary N) is 2. The molecule has 3 atom stereocenters. The third-order valence-corrected chi connectivity index (χ3v) is 6.95. The third kappa shape index (κ3) is 5.39. The molecule has 5 heterocycles. The summed E-state index contributed by atoms with van der Waals surface area (Å²) in [7, 11) is 0. The number of fused-ring (bicyclic) bond motifs is 4. The molecule has 1 amide bonds. The lowest BCUT2D eigenvalue weighted by molar-refractivity contribution is -0.141. The van der Waals surface area contributed by atoms with Crippen molar-refractivity contribution in [3.63, 3.8) is 0 Å². The minimum atomic E-state index is -4.46. The number of pyridine rings is 1. The molecule has 2 saturated heterocycles. The van der Waals surface area contributed by atoms with E-state index < -0.39 is 23.6 Å². The Morgan fingerprint density at radius 3 is 2.83 bits per heavy atom. The lowest BCUT2D eigenvalue weighted by Gasteiger charge is -2.32. The Labute approximate surface area is 227 Å². The first-order valence-corrected chi connectivity index (χ1v) is 12.8. The van der Waals surface area contributed by atoms with Crippen LogP contribution in [-0.2, 0) is 20.4 Å². The molecule has 13 heteroatoms. The van der Waals surface area contributed by atoms with Crippen LogP contribution in [0.5, 0.6) is 5.75 Å². The Kier molecular flexibility index (Phi) is 6.50. The van der Waals surface area contributed by atoms with E-state index in [0.717, 1.165) is 12.1 Å². The van der Waals surface area contributed by atoms with E-state index in [-0.39, 0.29) is 23.9 Å². The zero-order valence-electron chi connectivity index (χ0n) is 21.7. The van der Waals surface area contributed by atoms with E-state index in [4.69, 9.17) is 14.2 Å². The van der Waals surface area contributed by atoms with E-state index in [0.29, 0.717) is 54.8 Å². The Balaban J connectivity index is 1.10. The molecule has 2 fully saturated rings. The number of aromatic nitrogens is 1. The van der Waals surface area contributed by atoms with E-state index in [1.807, 2.05) is 18.7 Å². The molecule has 0 radical (unpaired) electrons. The standard InChI is InChI=1S/C27H27F3N6O4/c1-26(2)39-14-19(40-26)13-38-18-6-7-22(31-10-18)34-25(37)20-9-17-12-36(20)21-11-32-23(35-24(21)33-17)15-4-3-5-16(8-15)27(28,29)30/h3-8,10-11,17,19-20H,9,12-14H2,1-2H3,(H,31,34,37)(H,32,33,35)/t17-,19+,20?/m0/s1. The number of anilines is 1. The number of amidine groups is 2. The van der Waals surface area contributed by atoms with Crippen molar-refractivity contribution in [3.8, 4) is 5.75 Å². The van der Waals surface area contributed by atoms with Gasteiger partial charge in [-0.1, -0.05) is 12.1 Å². The fraction of sp³-hybridized carbons (Fsp3) is 0.407. The highest BCUT2D eigenvalue weighted by atomic mass is 19.4. The van der Waals surface area contributed by atoms with E-state index >= 15 is 0 Å². The Bertz CT molecular complexity index is 1410. The number of carbonyl (C=O) groups is 1. The molecule has 2 aromatic rings. The van der Waals surface area contributed by atoms with Gasteiger partial charge in [0.2, 0.25) is 5.91 Å². The summed E-state index contributed by atoms with van der Waals surface area (Å²) in [6, 6.07) is 7.67. The van der Waals surface area contributed by atoms with Crippen molar-refractivity contribution in [2.45, 2.75) is 50.4 Å². The highest BCUT2D eigenvalue weighted by molar-refractivity contribution is 6.17. The number of alkyl halides is 3. The van der Waals surface area contributed by atoms with Gasteiger partial charge >= 0.3 is 6.18 Å². The summed E-state index contributed by atoms with van der Waals surface area (Å²) in [4.78, 5) is 28.4. The van der Waals surface area contributed by atoms with Gasteiger partial charge in [0.15, 0.2) is 11.6 Å². The molecule has 0 spiro atoms. The minimum absolute atomic E-state index is 0.147. The first-order valence-electron chi connectivity index (χ1n) is 12.8. The lowest BCUT2D eigenvalue weighted by atomic mass is 10.1.